The van der Waals surface area contributed by atoms with Gasteiger partial charge in [-0.05, 0) is 43.2 Å². The van der Waals surface area contributed by atoms with Gasteiger partial charge in [-0.15, -0.1) is 0 Å². The molecule has 188 valence electrons. The Bertz CT molecular complexity index is 746. The maximum absolute atomic E-state index is 14.0. The van der Waals surface area contributed by atoms with Crippen molar-refractivity contribution < 1.29 is 4.79 Å². The average molecular weight is 466 g/mol. The zero-order valence-corrected chi connectivity index (χ0v) is 22.2. The van der Waals surface area contributed by atoms with E-state index >= 15 is 0 Å². The molecular weight excluding hydrogens is 418 g/mol. The van der Waals surface area contributed by atoms with Gasteiger partial charge in [-0.1, -0.05) is 102 Å². The highest BCUT2D eigenvalue weighted by Gasteiger charge is 2.29. The Morgan fingerprint density at radius 2 is 1.12 bits per heavy atom. The van der Waals surface area contributed by atoms with Crippen LogP contribution in [0.25, 0.3) is 0 Å². The summed E-state index contributed by atoms with van der Waals surface area (Å²) in [5.74, 6) is 0.791. The topological polar surface area (TPSA) is 26.8 Å². The minimum Gasteiger partial charge on any atom is -0.304 e. The molecule has 4 heteroatoms. The fraction of sp³-hybridized carbons (Fsp3) is 0.567. The van der Waals surface area contributed by atoms with Gasteiger partial charge < -0.3 is 9.80 Å². The van der Waals surface area contributed by atoms with Crippen molar-refractivity contribution in [2.24, 2.45) is 5.92 Å². The third kappa shape index (κ3) is 9.32. The summed E-state index contributed by atoms with van der Waals surface area (Å²) >= 11 is 0. The molecule has 0 amide bonds. The number of Topliss-reactive ketones (excluding diaryl/α,β-unsaturated/α-hetero) is 1. The first-order valence-electron chi connectivity index (χ1n) is 13.3. The molecule has 0 bridgehead atoms. The molecule has 0 aromatic heterocycles. The Kier molecular flexibility index (Phi) is 13.1. The number of carbonyl (C=O) groups excluding carboxylic acids is 1. The fourth-order valence-electron chi connectivity index (χ4n) is 4.66. The molecule has 0 saturated heterocycles. The van der Waals surface area contributed by atoms with Crippen molar-refractivity contribution in [2.75, 3.05) is 39.3 Å². The van der Waals surface area contributed by atoms with E-state index in [1.807, 2.05) is 0 Å². The number of benzene rings is 2. The van der Waals surface area contributed by atoms with Crippen LogP contribution in [-0.4, -0.2) is 65.8 Å². The zero-order chi connectivity index (χ0) is 24.8. The van der Waals surface area contributed by atoms with Crippen LogP contribution in [0.4, 0.5) is 0 Å². The summed E-state index contributed by atoms with van der Waals surface area (Å²) in [4.78, 5) is 21.2. The lowest BCUT2D eigenvalue weighted by atomic mass is 9.94. The van der Waals surface area contributed by atoms with Gasteiger partial charge >= 0.3 is 0 Å². The molecule has 0 fully saturated rings. The molecule has 0 unspecified atom stereocenters. The van der Waals surface area contributed by atoms with E-state index in [2.05, 4.69) is 110 Å². The summed E-state index contributed by atoms with van der Waals surface area (Å²) in [6.45, 7) is 18.4. The third-order valence-electron chi connectivity index (χ3n) is 7.07. The number of rotatable bonds is 17. The van der Waals surface area contributed by atoms with E-state index in [1.54, 1.807) is 0 Å². The van der Waals surface area contributed by atoms with Crippen LogP contribution in [0.3, 0.4) is 0 Å². The van der Waals surface area contributed by atoms with Crippen molar-refractivity contribution in [2.45, 2.75) is 66.6 Å². The van der Waals surface area contributed by atoms with E-state index in [-0.39, 0.29) is 6.04 Å². The lowest BCUT2D eigenvalue weighted by molar-refractivity contribution is -0.126. The Morgan fingerprint density at radius 3 is 1.53 bits per heavy atom. The number of likely N-dealkylation sites (N-methyl/N-ethyl adjacent to an activating group) is 1. The van der Waals surface area contributed by atoms with Crippen LogP contribution in [0.2, 0.25) is 0 Å². The lowest BCUT2D eigenvalue weighted by Gasteiger charge is -2.35. The summed E-state index contributed by atoms with van der Waals surface area (Å²) in [6.07, 6.45) is 1.69. The highest BCUT2D eigenvalue weighted by atomic mass is 16.1. The van der Waals surface area contributed by atoms with E-state index in [1.165, 1.54) is 11.1 Å². The number of ketones is 1. The minimum absolute atomic E-state index is 0.119. The Labute approximate surface area is 208 Å². The van der Waals surface area contributed by atoms with E-state index in [0.717, 1.165) is 58.8 Å². The molecule has 0 aliphatic rings. The summed E-state index contributed by atoms with van der Waals surface area (Å²) in [5.41, 5.74) is 2.51. The Balaban J connectivity index is 2.32. The van der Waals surface area contributed by atoms with Gasteiger partial charge in [0.25, 0.3) is 0 Å². The van der Waals surface area contributed by atoms with Gasteiger partial charge in [-0.25, -0.2) is 0 Å². The number of carbonyl (C=O) groups is 1. The molecule has 2 atom stereocenters. The molecule has 2 aromatic rings. The highest BCUT2D eigenvalue weighted by Crippen LogP contribution is 2.20. The smallest absolute Gasteiger partial charge is 0.151 e. The van der Waals surface area contributed by atoms with Crippen LogP contribution in [0.15, 0.2) is 60.7 Å². The first-order valence-corrected chi connectivity index (χ1v) is 13.3. The first-order chi connectivity index (χ1) is 16.5. The van der Waals surface area contributed by atoms with Crippen molar-refractivity contribution in [1.29, 1.82) is 0 Å². The molecule has 0 spiro atoms. The van der Waals surface area contributed by atoms with Gasteiger partial charge in [-0.2, -0.15) is 0 Å². The SMILES string of the molecule is CC[C@@H](CC(=O)[C@H](CN(CC)CC)N(Cc1ccccc1)Cc1ccccc1)CN(CC)CC. The molecule has 2 aromatic carbocycles. The fourth-order valence-corrected chi connectivity index (χ4v) is 4.66. The van der Waals surface area contributed by atoms with Gasteiger partial charge in [0.1, 0.15) is 0 Å². The molecule has 2 rings (SSSR count). The van der Waals surface area contributed by atoms with E-state index < -0.39 is 0 Å². The van der Waals surface area contributed by atoms with Crippen LogP contribution >= 0.6 is 0 Å². The second-order valence-electron chi connectivity index (χ2n) is 9.31. The van der Waals surface area contributed by atoms with Crippen molar-refractivity contribution in [1.82, 2.24) is 14.7 Å². The van der Waals surface area contributed by atoms with Crippen molar-refractivity contribution in [3.63, 3.8) is 0 Å². The van der Waals surface area contributed by atoms with E-state index in [9.17, 15) is 4.79 Å². The van der Waals surface area contributed by atoms with E-state index in [4.69, 9.17) is 0 Å². The molecular formula is C30H47N3O. The van der Waals surface area contributed by atoms with Gasteiger partial charge in [-0.3, -0.25) is 9.69 Å². The summed E-state index contributed by atoms with van der Waals surface area (Å²) < 4.78 is 0. The molecule has 0 radical (unpaired) electrons. The predicted octanol–water partition coefficient (Wildman–Crippen LogP) is 5.73. The maximum atomic E-state index is 14.0. The molecule has 0 saturated carbocycles. The van der Waals surface area contributed by atoms with Crippen LogP contribution in [-0.2, 0) is 17.9 Å². The second-order valence-corrected chi connectivity index (χ2v) is 9.31. The first kappa shape index (κ1) is 28.2. The van der Waals surface area contributed by atoms with Crippen LogP contribution < -0.4 is 0 Å². The standard InChI is InChI=1S/C30H47N3O/c1-6-26(22-31(7-2)8-3)21-30(34)29(25-32(9-4)10-5)33(23-27-17-13-11-14-18-27)24-28-19-15-12-16-20-28/h11-20,26,29H,6-10,21-25H2,1-5H3/t26-,29-/m0/s1. The Hall–Kier alpha value is -2.01. The minimum atomic E-state index is -0.119. The summed E-state index contributed by atoms with van der Waals surface area (Å²) in [7, 11) is 0. The highest BCUT2D eigenvalue weighted by molar-refractivity contribution is 5.84. The second kappa shape index (κ2) is 15.8. The summed E-state index contributed by atoms with van der Waals surface area (Å²) in [5, 5.41) is 0. The number of hydrogen-bond acceptors (Lipinski definition) is 4. The quantitative estimate of drug-likeness (QED) is 0.298. The van der Waals surface area contributed by atoms with Crippen molar-refractivity contribution >= 4 is 5.78 Å². The molecule has 0 heterocycles. The van der Waals surface area contributed by atoms with Gasteiger partial charge in [0.2, 0.25) is 0 Å². The van der Waals surface area contributed by atoms with Crippen molar-refractivity contribution in [3.05, 3.63) is 71.8 Å². The summed E-state index contributed by atoms with van der Waals surface area (Å²) in [6, 6.07) is 21.1. The van der Waals surface area contributed by atoms with Crippen molar-refractivity contribution in [3.8, 4) is 0 Å². The lowest BCUT2D eigenvalue weighted by Crippen LogP contribution is -2.49. The maximum Gasteiger partial charge on any atom is 0.151 e. The monoisotopic (exact) mass is 465 g/mol. The molecule has 0 N–H and O–H groups in total. The predicted molar refractivity (Wildman–Crippen MR) is 145 cm³/mol. The van der Waals surface area contributed by atoms with Gasteiger partial charge in [0.05, 0.1) is 6.04 Å². The van der Waals surface area contributed by atoms with Gasteiger partial charge in [0, 0.05) is 32.6 Å². The van der Waals surface area contributed by atoms with Crippen LogP contribution in [0.1, 0.15) is 58.6 Å². The average Bonchev–Trinajstić information content (AvgIpc) is 2.88. The third-order valence-corrected chi connectivity index (χ3v) is 7.07. The zero-order valence-electron chi connectivity index (χ0n) is 22.2. The molecule has 0 aliphatic heterocycles. The van der Waals surface area contributed by atoms with Gasteiger partial charge in [0.15, 0.2) is 5.78 Å². The largest absolute Gasteiger partial charge is 0.304 e. The van der Waals surface area contributed by atoms with E-state index in [0.29, 0.717) is 18.1 Å². The van der Waals surface area contributed by atoms with Crippen LogP contribution in [0.5, 0.6) is 0 Å². The number of nitrogens with zero attached hydrogens (tertiary/aromatic N) is 3. The number of hydrogen-bond donors (Lipinski definition) is 0. The normalized spacial score (nSPS) is 13.5. The molecule has 4 nitrogen and oxygen atoms in total. The molecule has 34 heavy (non-hydrogen) atoms. The van der Waals surface area contributed by atoms with Crippen LogP contribution in [0, 0.1) is 5.92 Å². The molecule has 0 aliphatic carbocycles. The Morgan fingerprint density at radius 1 is 0.676 bits per heavy atom.